The molecule has 2 N–H and O–H groups in total. The molecule has 0 spiro atoms. The molecular weight excluding hydrogens is 288 g/mol. The average molecular weight is 301 g/mol. The zero-order chi connectivity index (χ0) is 15.7. The molecule has 0 radical (unpaired) electrons. The van der Waals surface area contributed by atoms with Gasteiger partial charge < -0.3 is 15.2 Å². The molecule has 112 valence electrons. The number of fused-ring (bicyclic) bond motifs is 1. The minimum absolute atomic E-state index is 0.178. The maximum Gasteiger partial charge on any atom is 0.323 e. The first-order valence-corrected chi connectivity index (χ1v) is 6.61. The number of halogens is 2. The summed E-state index contributed by atoms with van der Waals surface area (Å²) in [5.41, 5.74) is 1.84. The number of nitrogens with zero attached hydrogens (tertiary/aromatic N) is 1. The van der Waals surface area contributed by atoms with Gasteiger partial charge in [0.15, 0.2) is 11.6 Å². The molecule has 1 heterocycles. The van der Waals surface area contributed by atoms with E-state index in [1.165, 1.54) is 6.07 Å². The molecular formula is C16H13F2N3O. The molecule has 0 aliphatic carbocycles. The first-order chi connectivity index (χ1) is 10.5. The predicted octanol–water partition coefficient (Wildman–Crippen LogP) is 4.10. The van der Waals surface area contributed by atoms with E-state index in [1.807, 2.05) is 36.0 Å². The van der Waals surface area contributed by atoms with Crippen molar-refractivity contribution in [3.63, 3.8) is 0 Å². The van der Waals surface area contributed by atoms with Crippen LogP contribution in [0.3, 0.4) is 0 Å². The van der Waals surface area contributed by atoms with Crippen molar-refractivity contribution < 1.29 is 13.6 Å². The number of aryl methyl sites for hydroxylation is 1. The Morgan fingerprint density at radius 3 is 2.36 bits per heavy atom. The molecule has 2 aromatic carbocycles. The molecule has 3 rings (SSSR count). The van der Waals surface area contributed by atoms with Gasteiger partial charge in [-0.05, 0) is 36.4 Å². The van der Waals surface area contributed by atoms with E-state index in [-0.39, 0.29) is 5.69 Å². The summed E-state index contributed by atoms with van der Waals surface area (Å²) in [5.74, 6) is -1.97. The molecule has 0 aliphatic heterocycles. The molecule has 0 fully saturated rings. The van der Waals surface area contributed by atoms with Crippen molar-refractivity contribution in [3.8, 4) is 0 Å². The number of benzene rings is 2. The molecule has 1 aromatic heterocycles. The van der Waals surface area contributed by atoms with Crippen molar-refractivity contribution >= 4 is 28.3 Å². The summed E-state index contributed by atoms with van der Waals surface area (Å²) in [6.45, 7) is 0. The van der Waals surface area contributed by atoms with Crippen LogP contribution in [0.15, 0.2) is 48.7 Å². The van der Waals surface area contributed by atoms with Crippen molar-refractivity contribution in [1.82, 2.24) is 4.57 Å². The Hall–Kier alpha value is -2.89. The van der Waals surface area contributed by atoms with Crippen LogP contribution in [0, 0.1) is 11.6 Å². The summed E-state index contributed by atoms with van der Waals surface area (Å²) in [6, 6.07) is 10.1. The summed E-state index contributed by atoms with van der Waals surface area (Å²) >= 11 is 0. The minimum atomic E-state index is -1.01. The highest BCUT2D eigenvalue weighted by atomic mass is 19.2. The highest BCUT2D eigenvalue weighted by Crippen LogP contribution is 2.20. The molecule has 6 heteroatoms. The van der Waals surface area contributed by atoms with Crippen LogP contribution in [0.25, 0.3) is 10.9 Å². The zero-order valence-corrected chi connectivity index (χ0v) is 11.7. The second kappa shape index (κ2) is 5.48. The summed E-state index contributed by atoms with van der Waals surface area (Å²) < 4.78 is 27.9. The molecule has 0 unspecified atom stereocenters. The van der Waals surface area contributed by atoms with Crippen LogP contribution in [0.1, 0.15) is 0 Å². The number of carbonyl (C=O) groups excluding carboxylic acids is 1. The summed E-state index contributed by atoms with van der Waals surface area (Å²) in [6.07, 6.45) is 1.93. The number of hydrogen-bond donors (Lipinski definition) is 2. The van der Waals surface area contributed by atoms with Crippen molar-refractivity contribution in [2.45, 2.75) is 0 Å². The van der Waals surface area contributed by atoms with E-state index in [2.05, 4.69) is 10.6 Å². The fraction of sp³-hybridized carbons (Fsp3) is 0.0625. The third-order valence-corrected chi connectivity index (χ3v) is 3.32. The first-order valence-electron chi connectivity index (χ1n) is 6.61. The number of anilines is 2. The van der Waals surface area contributed by atoms with E-state index < -0.39 is 17.7 Å². The molecule has 0 bridgehead atoms. The second-order valence-corrected chi connectivity index (χ2v) is 4.91. The van der Waals surface area contributed by atoms with E-state index in [4.69, 9.17) is 0 Å². The smallest absolute Gasteiger partial charge is 0.323 e. The van der Waals surface area contributed by atoms with E-state index in [0.717, 1.165) is 23.0 Å². The monoisotopic (exact) mass is 301 g/mol. The van der Waals surface area contributed by atoms with Crippen LogP contribution < -0.4 is 10.6 Å². The Morgan fingerprint density at radius 2 is 1.64 bits per heavy atom. The number of amides is 2. The SMILES string of the molecule is Cn1ccc2cc(NC(=O)Nc3ccc(F)c(F)c3)ccc21. The third-order valence-electron chi connectivity index (χ3n) is 3.32. The number of nitrogens with one attached hydrogen (secondary N) is 2. The van der Waals surface area contributed by atoms with Gasteiger partial charge in [-0.25, -0.2) is 13.6 Å². The van der Waals surface area contributed by atoms with E-state index in [9.17, 15) is 13.6 Å². The van der Waals surface area contributed by atoms with Crippen molar-refractivity contribution in [2.24, 2.45) is 7.05 Å². The molecule has 0 atom stereocenters. The Morgan fingerprint density at radius 1 is 0.955 bits per heavy atom. The normalized spacial score (nSPS) is 10.7. The van der Waals surface area contributed by atoms with Crippen LogP contribution in [0.4, 0.5) is 25.0 Å². The number of urea groups is 1. The van der Waals surface area contributed by atoms with Gasteiger partial charge in [-0.15, -0.1) is 0 Å². The number of carbonyl (C=O) groups is 1. The van der Waals surface area contributed by atoms with Crippen molar-refractivity contribution in [2.75, 3.05) is 10.6 Å². The summed E-state index contributed by atoms with van der Waals surface area (Å²) in [7, 11) is 1.94. The van der Waals surface area contributed by atoms with E-state index in [1.54, 1.807) is 6.07 Å². The van der Waals surface area contributed by atoms with E-state index in [0.29, 0.717) is 5.69 Å². The average Bonchev–Trinajstić information content (AvgIpc) is 2.84. The zero-order valence-electron chi connectivity index (χ0n) is 11.7. The minimum Gasteiger partial charge on any atom is -0.351 e. The van der Waals surface area contributed by atoms with Crippen LogP contribution in [-0.4, -0.2) is 10.6 Å². The number of aromatic nitrogens is 1. The fourth-order valence-electron chi connectivity index (χ4n) is 2.23. The maximum absolute atomic E-state index is 13.1. The lowest BCUT2D eigenvalue weighted by atomic mass is 10.2. The molecule has 0 saturated carbocycles. The van der Waals surface area contributed by atoms with Gasteiger partial charge in [-0.3, -0.25) is 0 Å². The van der Waals surface area contributed by atoms with Gasteiger partial charge in [0.25, 0.3) is 0 Å². The number of hydrogen-bond acceptors (Lipinski definition) is 1. The topological polar surface area (TPSA) is 46.1 Å². The summed E-state index contributed by atoms with van der Waals surface area (Å²) in [5, 5.41) is 6.09. The molecule has 2 amide bonds. The van der Waals surface area contributed by atoms with Crippen LogP contribution in [0.2, 0.25) is 0 Å². The molecule has 3 aromatic rings. The van der Waals surface area contributed by atoms with Gasteiger partial charge in [0.05, 0.1) is 0 Å². The second-order valence-electron chi connectivity index (χ2n) is 4.91. The highest BCUT2D eigenvalue weighted by molar-refractivity contribution is 6.01. The Bertz CT molecular complexity index is 858. The molecule has 22 heavy (non-hydrogen) atoms. The van der Waals surface area contributed by atoms with E-state index >= 15 is 0 Å². The number of rotatable bonds is 2. The Balaban J connectivity index is 1.73. The molecule has 4 nitrogen and oxygen atoms in total. The molecule has 0 saturated heterocycles. The van der Waals surface area contributed by atoms with Crippen LogP contribution in [-0.2, 0) is 7.05 Å². The van der Waals surface area contributed by atoms with Gasteiger partial charge in [0.2, 0.25) is 0 Å². The highest BCUT2D eigenvalue weighted by Gasteiger charge is 2.07. The fourth-order valence-corrected chi connectivity index (χ4v) is 2.23. The third kappa shape index (κ3) is 2.76. The lowest BCUT2D eigenvalue weighted by molar-refractivity contribution is 0.262. The van der Waals surface area contributed by atoms with Gasteiger partial charge >= 0.3 is 6.03 Å². The molecule has 0 aliphatic rings. The lowest BCUT2D eigenvalue weighted by Crippen LogP contribution is -2.19. The van der Waals surface area contributed by atoms with Crippen molar-refractivity contribution in [1.29, 1.82) is 0 Å². The standard InChI is InChI=1S/C16H13F2N3O/c1-21-7-6-10-8-11(3-5-15(10)21)19-16(22)20-12-2-4-13(17)14(18)9-12/h2-9H,1H3,(H2,19,20,22). The quantitative estimate of drug-likeness (QED) is 0.735. The van der Waals surface area contributed by atoms with Crippen LogP contribution >= 0.6 is 0 Å². The van der Waals surface area contributed by atoms with Gasteiger partial charge in [0.1, 0.15) is 0 Å². The Kier molecular flexibility index (Phi) is 3.50. The van der Waals surface area contributed by atoms with Gasteiger partial charge in [-0.1, -0.05) is 0 Å². The van der Waals surface area contributed by atoms with Gasteiger partial charge in [0, 0.05) is 41.6 Å². The lowest BCUT2D eigenvalue weighted by Gasteiger charge is -2.08. The predicted molar refractivity (Wildman–Crippen MR) is 81.9 cm³/mol. The summed E-state index contributed by atoms with van der Waals surface area (Å²) in [4.78, 5) is 11.9. The van der Waals surface area contributed by atoms with Crippen molar-refractivity contribution in [3.05, 3.63) is 60.3 Å². The van der Waals surface area contributed by atoms with Crippen LogP contribution in [0.5, 0.6) is 0 Å². The maximum atomic E-state index is 13.1. The Labute approximate surface area is 125 Å². The first kappa shape index (κ1) is 14.1. The van der Waals surface area contributed by atoms with Gasteiger partial charge in [-0.2, -0.15) is 0 Å². The largest absolute Gasteiger partial charge is 0.351 e.